The molecule has 0 aromatic heterocycles. The highest BCUT2D eigenvalue weighted by Crippen LogP contribution is 2.48. The molecular weight excluding hydrogens is 328 g/mol. The highest BCUT2D eigenvalue weighted by atomic mass is 35.5. The molecule has 2 atom stereocenters. The van der Waals surface area contributed by atoms with Gasteiger partial charge in [-0.3, -0.25) is 14.5 Å². The molecule has 1 aliphatic heterocycles. The van der Waals surface area contributed by atoms with E-state index in [1.807, 2.05) is 36.9 Å². The molecule has 2 N–H and O–H groups in total. The lowest BCUT2D eigenvalue weighted by molar-refractivity contribution is -0.149. The van der Waals surface area contributed by atoms with Gasteiger partial charge in [-0.2, -0.15) is 0 Å². The fourth-order valence-corrected chi connectivity index (χ4v) is 4.26. The minimum atomic E-state index is -0.697. The number of nitrogens with one attached hydrogen (secondary N) is 1. The van der Waals surface area contributed by atoms with E-state index in [2.05, 4.69) is 5.32 Å². The molecule has 2 fully saturated rings. The van der Waals surface area contributed by atoms with Crippen LogP contribution in [0.25, 0.3) is 0 Å². The van der Waals surface area contributed by atoms with Crippen molar-refractivity contribution in [2.75, 3.05) is 25.0 Å². The molecule has 2 aliphatic rings. The van der Waals surface area contributed by atoms with Crippen LogP contribution in [0.4, 0.5) is 5.69 Å². The fourth-order valence-electron chi connectivity index (χ4n) is 4.26. The van der Waals surface area contributed by atoms with E-state index in [1.54, 1.807) is 0 Å². The number of carboxylic acids is 1. The maximum Gasteiger partial charge on any atom is 0.311 e. The van der Waals surface area contributed by atoms with Gasteiger partial charge in [-0.25, -0.2) is 0 Å². The maximum absolute atomic E-state index is 12.4. The van der Waals surface area contributed by atoms with E-state index >= 15 is 0 Å². The van der Waals surface area contributed by atoms with E-state index in [0.29, 0.717) is 13.1 Å². The van der Waals surface area contributed by atoms with E-state index in [4.69, 9.17) is 0 Å². The van der Waals surface area contributed by atoms with Crippen molar-refractivity contribution >= 4 is 30.0 Å². The molecule has 5 nitrogen and oxygen atoms in total. The van der Waals surface area contributed by atoms with Gasteiger partial charge in [0.1, 0.15) is 0 Å². The van der Waals surface area contributed by atoms with E-state index < -0.39 is 11.4 Å². The second-order valence-corrected chi connectivity index (χ2v) is 7.04. The summed E-state index contributed by atoms with van der Waals surface area (Å²) in [7, 11) is 0. The largest absolute Gasteiger partial charge is 0.481 e. The Morgan fingerprint density at radius 1 is 1.33 bits per heavy atom. The number of aliphatic carboxylic acids is 1. The molecule has 1 amide bonds. The molecule has 24 heavy (non-hydrogen) atoms. The standard InChI is InChI=1S/C18H24N2O3.ClH/c1-12-5-3-6-13(2)16(12)19-15(21)10-20-9-14-7-4-8-18(14,11-20)17(22)23;/h3,5-6,14H,4,7-11H2,1-2H3,(H,19,21)(H,22,23);1H/t14-,18+;/m0./s1. The van der Waals surface area contributed by atoms with Gasteiger partial charge in [0.05, 0.1) is 12.0 Å². The summed E-state index contributed by atoms with van der Waals surface area (Å²) < 4.78 is 0. The van der Waals surface area contributed by atoms with Crippen LogP contribution in [-0.2, 0) is 9.59 Å². The average Bonchev–Trinajstić information content (AvgIpc) is 3.00. The maximum atomic E-state index is 12.4. The third-order valence-electron chi connectivity index (χ3n) is 5.48. The average molecular weight is 353 g/mol. The molecule has 132 valence electrons. The first-order chi connectivity index (χ1) is 10.9. The molecule has 0 unspecified atom stereocenters. The Balaban J connectivity index is 0.00000208. The highest BCUT2D eigenvalue weighted by Gasteiger charge is 2.54. The van der Waals surface area contributed by atoms with Crippen LogP contribution in [0, 0.1) is 25.2 Å². The van der Waals surface area contributed by atoms with Gasteiger partial charge in [0.15, 0.2) is 0 Å². The van der Waals surface area contributed by atoms with E-state index in [1.165, 1.54) is 0 Å². The van der Waals surface area contributed by atoms with E-state index in [-0.39, 0.29) is 30.8 Å². The molecular formula is C18H25ClN2O3. The Bertz CT molecular complexity index is 629. The second kappa shape index (κ2) is 7.11. The first-order valence-corrected chi connectivity index (χ1v) is 8.24. The van der Waals surface area contributed by atoms with Crippen molar-refractivity contribution in [1.29, 1.82) is 0 Å². The van der Waals surface area contributed by atoms with Gasteiger partial charge in [-0.15, -0.1) is 12.4 Å². The van der Waals surface area contributed by atoms with Crippen LogP contribution < -0.4 is 5.32 Å². The lowest BCUT2D eigenvalue weighted by Gasteiger charge is -2.23. The molecule has 1 saturated heterocycles. The lowest BCUT2D eigenvalue weighted by Crippen LogP contribution is -2.37. The molecule has 3 rings (SSSR count). The SMILES string of the molecule is Cc1cccc(C)c1NC(=O)CN1C[C@@H]2CCC[C@@]2(C(=O)O)C1.Cl. The predicted octanol–water partition coefficient (Wildman–Crippen LogP) is 2.85. The van der Waals surface area contributed by atoms with Gasteiger partial charge in [0.25, 0.3) is 0 Å². The van der Waals surface area contributed by atoms with Crippen LogP contribution in [0.15, 0.2) is 18.2 Å². The van der Waals surface area contributed by atoms with Crippen LogP contribution in [0.2, 0.25) is 0 Å². The third kappa shape index (κ3) is 3.28. The number of likely N-dealkylation sites (tertiary alicyclic amines) is 1. The zero-order chi connectivity index (χ0) is 16.6. The molecule has 1 heterocycles. The quantitative estimate of drug-likeness (QED) is 0.874. The van der Waals surface area contributed by atoms with Gasteiger partial charge in [0.2, 0.25) is 5.91 Å². The number of halogens is 1. The Labute approximate surface area is 148 Å². The molecule has 1 aromatic carbocycles. The summed E-state index contributed by atoms with van der Waals surface area (Å²) in [5.41, 5.74) is 2.32. The monoisotopic (exact) mass is 352 g/mol. The topological polar surface area (TPSA) is 69.6 Å². The molecule has 0 spiro atoms. The van der Waals surface area contributed by atoms with Crippen LogP contribution in [0.3, 0.4) is 0 Å². The summed E-state index contributed by atoms with van der Waals surface area (Å²) in [6, 6.07) is 5.92. The zero-order valence-electron chi connectivity index (χ0n) is 14.2. The van der Waals surface area contributed by atoms with Crippen molar-refractivity contribution in [1.82, 2.24) is 4.90 Å². The molecule has 1 saturated carbocycles. The third-order valence-corrected chi connectivity index (χ3v) is 5.48. The van der Waals surface area contributed by atoms with Crippen LogP contribution in [-0.4, -0.2) is 41.5 Å². The van der Waals surface area contributed by atoms with Crippen molar-refractivity contribution in [3.8, 4) is 0 Å². The van der Waals surface area contributed by atoms with Gasteiger partial charge in [-0.1, -0.05) is 24.6 Å². The second-order valence-electron chi connectivity index (χ2n) is 7.04. The summed E-state index contributed by atoms with van der Waals surface area (Å²) in [5, 5.41) is 12.6. The number of fused-ring (bicyclic) bond motifs is 1. The number of anilines is 1. The summed E-state index contributed by atoms with van der Waals surface area (Å²) in [6.45, 7) is 5.42. The zero-order valence-corrected chi connectivity index (χ0v) is 15.0. The van der Waals surface area contributed by atoms with Gasteiger partial charge >= 0.3 is 5.97 Å². The number of rotatable bonds is 4. The number of para-hydroxylation sites is 1. The molecule has 1 aromatic rings. The number of carbonyl (C=O) groups is 2. The number of carbonyl (C=O) groups excluding carboxylic acids is 1. The molecule has 1 aliphatic carbocycles. The summed E-state index contributed by atoms with van der Waals surface area (Å²) in [4.78, 5) is 26.1. The normalized spacial score (nSPS) is 25.8. The predicted molar refractivity (Wildman–Crippen MR) is 95.6 cm³/mol. The molecule has 0 radical (unpaired) electrons. The Morgan fingerprint density at radius 2 is 2.00 bits per heavy atom. The number of hydrogen-bond acceptors (Lipinski definition) is 3. The van der Waals surface area contributed by atoms with Crippen LogP contribution in [0.1, 0.15) is 30.4 Å². The van der Waals surface area contributed by atoms with E-state index in [9.17, 15) is 14.7 Å². The minimum absolute atomic E-state index is 0. The number of benzene rings is 1. The number of nitrogens with zero attached hydrogens (tertiary/aromatic N) is 1. The van der Waals surface area contributed by atoms with Crippen LogP contribution in [0.5, 0.6) is 0 Å². The number of hydrogen-bond donors (Lipinski definition) is 2. The number of carboxylic acid groups (broad SMARTS) is 1. The van der Waals surface area contributed by atoms with Gasteiger partial charge in [0, 0.05) is 18.8 Å². The van der Waals surface area contributed by atoms with Crippen molar-refractivity contribution < 1.29 is 14.7 Å². The van der Waals surface area contributed by atoms with Crippen molar-refractivity contribution in [2.24, 2.45) is 11.3 Å². The van der Waals surface area contributed by atoms with Crippen molar-refractivity contribution in [3.05, 3.63) is 29.3 Å². The number of amides is 1. The Kier molecular flexibility index (Phi) is 5.56. The van der Waals surface area contributed by atoms with Gasteiger partial charge < -0.3 is 10.4 Å². The summed E-state index contributed by atoms with van der Waals surface area (Å²) in [5.74, 6) is -0.575. The van der Waals surface area contributed by atoms with Gasteiger partial charge in [-0.05, 0) is 43.7 Å². The molecule has 6 heteroatoms. The summed E-state index contributed by atoms with van der Waals surface area (Å²) in [6.07, 6.45) is 2.68. The fraction of sp³-hybridized carbons (Fsp3) is 0.556. The minimum Gasteiger partial charge on any atom is -0.481 e. The lowest BCUT2D eigenvalue weighted by atomic mass is 9.81. The van der Waals surface area contributed by atoms with E-state index in [0.717, 1.165) is 36.1 Å². The van der Waals surface area contributed by atoms with Crippen molar-refractivity contribution in [2.45, 2.75) is 33.1 Å². The Morgan fingerprint density at radius 3 is 2.58 bits per heavy atom. The Hall–Kier alpha value is -1.59. The molecule has 0 bridgehead atoms. The number of aryl methyl sites for hydroxylation is 2. The first-order valence-electron chi connectivity index (χ1n) is 8.24. The smallest absolute Gasteiger partial charge is 0.311 e. The highest BCUT2D eigenvalue weighted by molar-refractivity contribution is 5.93. The van der Waals surface area contributed by atoms with Crippen molar-refractivity contribution in [3.63, 3.8) is 0 Å². The van der Waals surface area contributed by atoms with Crippen LogP contribution >= 0.6 is 12.4 Å². The first kappa shape index (κ1) is 18.7. The summed E-state index contributed by atoms with van der Waals surface area (Å²) >= 11 is 0.